The second kappa shape index (κ2) is 8.80. The molecule has 188 valence electrons. The topological polar surface area (TPSA) is 93.9 Å². The highest BCUT2D eigenvalue weighted by Gasteiger charge is 2.39. The van der Waals surface area contributed by atoms with Gasteiger partial charge in [-0.25, -0.2) is 4.98 Å². The maximum absolute atomic E-state index is 12.7. The van der Waals surface area contributed by atoms with Crippen molar-refractivity contribution in [1.82, 2.24) is 19.9 Å². The van der Waals surface area contributed by atoms with Crippen LogP contribution in [0, 0.1) is 5.92 Å². The molecule has 3 aliphatic rings. The second-order valence-corrected chi connectivity index (χ2v) is 10.3. The third-order valence-electron chi connectivity index (χ3n) is 7.43. The van der Waals surface area contributed by atoms with Gasteiger partial charge in [-0.3, -0.25) is 14.3 Å². The molecule has 1 aromatic carbocycles. The van der Waals surface area contributed by atoms with Crippen LogP contribution in [-0.4, -0.2) is 58.0 Å². The van der Waals surface area contributed by atoms with Crippen molar-refractivity contribution in [2.24, 2.45) is 11.1 Å². The van der Waals surface area contributed by atoms with Gasteiger partial charge in [0.15, 0.2) is 0 Å². The monoisotopic (exact) mass is 488 g/mol. The number of imidazole rings is 1. The molecule has 3 aliphatic heterocycles. The molecule has 0 bridgehead atoms. The van der Waals surface area contributed by atoms with Crippen molar-refractivity contribution >= 4 is 28.6 Å². The quantitative estimate of drug-likeness (QED) is 0.589. The van der Waals surface area contributed by atoms with E-state index < -0.39 is 0 Å². The molecule has 9 nitrogen and oxygen atoms in total. The van der Waals surface area contributed by atoms with Gasteiger partial charge in [0.05, 0.1) is 28.8 Å². The SMILES string of the molecule is CC1=NOC(C)C1c1ccc2nc(N3CC[C@@H](C(=O)NC(C)C)C3)n3c2c1OC[C@@H]3c1ccccn1. The van der Waals surface area contributed by atoms with Crippen LogP contribution in [0.25, 0.3) is 11.0 Å². The lowest BCUT2D eigenvalue weighted by molar-refractivity contribution is -0.124. The summed E-state index contributed by atoms with van der Waals surface area (Å²) in [4.78, 5) is 30.3. The van der Waals surface area contributed by atoms with Crippen molar-refractivity contribution in [2.45, 2.75) is 58.2 Å². The van der Waals surface area contributed by atoms with Gasteiger partial charge in [0.25, 0.3) is 0 Å². The first-order valence-corrected chi connectivity index (χ1v) is 12.8. The van der Waals surface area contributed by atoms with E-state index in [1.165, 1.54) is 0 Å². The van der Waals surface area contributed by atoms with Crippen LogP contribution in [0.2, 0.25) is 0 Å². The number of nitrogens with zero attached hydrogens (tertiary/aromatic N) is 5. The minimum Gasteiger partial charge on any atom is -0.488 e. The highest BCUT2D eigenvalue weighted by molar-refractivity contribution is 5.95. The maximum Gasteiger partial charge on any atom is 0.225 e. The highest BCUT2D eigenvalue weighted by Crippen LogP contribution is 2.45. The van der Waals surface area contributed by atoms with Gasteiger partial charge >= 0.3 is 0 Å². The number of nitrogens with one attached hydrogen (secondary N) is 1. The fourth-order valence-electron chi connectivity index (χ4n) is 5.76. The molecule has 1 N–H and O–H groups in total. The van der Waals surface area contributed by atoms with Gasteiger partial charge in [-0.15, -0.1) is 0 Å². The summed E-state index contributed by atoms with van der Waals surface area (Å²) in [5.74, 6) is 1.78. The van der Waals surface area contributed by atoms with E-state index in [0.717, 1.165) is 52.7 Å². The minimum atomic E-state index is -0.121. The van der Waals surface area contributed by atoms with Crippen molar-refractivity contribution in [3.05, 3.63) is 47.8 Å². The minimum absolute atomic E-state index is 0.0264. The van der Waals surface area contributed by atoms with Crippen molar-refractivity contribution < 1.29 is 14.4 Å². The molecule has 36 heavy (non-hydrogen) atoms. The lowest BCUT2D eigenvalue weighted by Crippen LogP contribution is -2.37. The Morgan fingerprint density at radius 2 is 2.08 bits per heavy atom. The molecule has 2 unspecified atom stereocenters. The number of pyridine rings is 1. The number of carbonyl (C=O) groups excluding carboxylic acids is 1. The van der Waals surface area contributed by atoms with Crippen molar-refractivity contribution in [3.63, 3.8) is 0 Å². The zero-order valence-corrected chi connectivity index (χ0v) is 21.1. The number of hydrogen-bond donors (Lipinski definition) is 1. The van der Waals surface area contributed by atoms with Crippen LogP contribution in [-0.2, 0) is 9.63 Å². The van der Waals surface area contributed by atoms with Crippen LogP contribution in [0.15, 0.2) is 41.7 Å². The predicted octanol–water partition coefficient (Wildman–Crippen LogP) is 3.64. The Balaban J connectivity index is 1.47. The first kappa shape index (κ1) is 22.8. The average molecular weight is 489 g/mol. The first-order chi connectivity index (χ1) is 17.4. The Morgan fingerprint density at radius 1 is 1.22 bits per heavy atom. The summed E-state index contributed by atoms with van der Waals surface area (Å²) >= 11 is 0. The number of ether oxygens (including phenoxy) is 1. The Kier molecular flexibility index (Phi) is 5.58. The fourth-order valence-corrected chi connectivity index (χ4v) is 5.76. The van der Waals surface area contributed by atoms with E-state index in [1.54, 1.807) is 0 Å². The molecule has 4 atom stereocenters. The van der Waals surface area contributed by atoms with Gasteiger partial charge in [0.2, 0.25) is 11.9 Å². The number of carbonyl (C=O) groups is 1. The van der Waals surface area contributed by atoms with Crippen LogP contribution in [0.3, 0.4) is 0 Å². The van der Waals surface area contributed by atoms with Crippen molar-refractivity contribution in [2.75, 3.05) is 24.6 Å². The zero-order chi connectivity index (χ0) is 25.0. The molecule has 0 spiro atoms. The van der Waals surface area contributed by atoms with Crippen molar-refractivity contribution in [1.29, 1.82) is 0 Å². The van der Waals surface area contributed by atoms with E-state index in [4.69, 9.17) is 14.6 Å². The summed E-state index contributed by atoms with van der Waals surface area (Å²) in [7, 11) is 0. The van der Waals surface area contributed by atoms with Gasteiger partial charge in [0.1, 0.15) is 30.0 Å². The molecule has 5 heterocycles. The molecule has 3 aromatic rings. The first-order valence-electron chi connectivity index (χ1n) is 12.8. The fraction of sp³-hybridized carbons (Fsp3) is 0.481. The second-order valence-electron chi connectivity index (χ2n) is 10.3. The number of aromatic nitrogens is 3. The summed E-state index contributed by atoms with van der Waals surface area (Å²) in [5, 5.41) is 7.30. The summed E-state index contributed by atoms with van der Waals surface area (Å²) in [5.41, 5.74) is 4.78. The van der Waals surface area contributed by atoms with E-state index >= 15 is 0 Å². The van der Waals surface area contributed by atoms with Crippen molar-refractivity contribution in [3.8, 4) is 5.75 Å². The lowest BCUT2D eigenvalue weighted by atomic mass is 9.89. The van der Waals surface area contributed by atoms with Gasteiger partial charge < -0.3 is 19.8 Å². The Morgan fingerprint density at radius 3 is 2.81 bits per heavy atom. The molecule has 0 radical (unpaired) electrons. The van der Waals surface area contributed by atoms with Crippen LogP contribution >= 0.6 is 0 Å². The molecule has 0 aliphatic carbocycles. The van der Waals surface area contributed by atoms with E-state index in [9.17, 15) is 4.79 Å². The normalized spacial score (nSPS) is 25.1. The molecule has 1 fully saturated rings. The molecule has 9 heteroatoms. The van der Waals surface area contributed by atoms with E-state index in [0.29, 0.717) is 13.2 Å². The number of rotatable bonds is 5. The molecular formula is C27H32N6O3. The number of oxime groups is 1. The zero-order valence-electron chi connectivity index (χ0n) is 21.1. The summed E-state index contributed by atoms with van der Waals surface area (Å²) in [6.45, 7) is 9.89. The molecule has 0 saturated carbocycles. The molecule has 2 aromatic heterocycles. The van der Waals surface area contributed by atoms with Crippen LogP contribution in [0.5, 0.6) is 5.75 Å². The molecule has 1 saturated heterocycles. The van der Waals surface area contributed by atoms with Crippen LogP contribution in [0.1, 0.15) is 57.3 Å². The molecule has 6 rings (SSSR count). The standard InChI is InChI=1S/C27H32N6O3/c1-15(2)29-26(34)18-10-12-32(13-18)27-30-21-9-8-19(23-16(3)31-36-17(23)4)25-24(21)33(27)22(14-35-25)20-7-5-6-11-28-20/h5-9,11,15,17-18,22-23H,10,12-14H2,1-4H3,(H,29,34)/t17?,18-,22-,23?/m1/s1. The number of benzene rings is 1. The van der Waals surface area contributed by atoms with E-state index in [1.807, 2.05) is 52.1 Å². The summed E-state index contributed by atoms with van der Waals surface area (Å²) in [6.07, 6.45) is 2.55. The van der Waals surface area contributed by atoms with E-state index in [-0.39, 0.29) is 35.9 Å². The summed E-state index contributed by atoms with van der Waals surface area (Å²) in [6, 6.07) is 10.1. The smallest absolute Gasteiger partial charge is 0.225 e. The number of amides is 1. The predicted molar refractivity (Wildman–Crippen MR) is 138 cm³/mol. The van der Waals surface area contributed by atoms with Gasteiger partial charge in [-0.2, -0.15) is 0 Å². The van der Waals surface area contributed by atoms with Gasteiger partial charge in [-0.05, 0) is 52.3 Å². The number of anilines is 1. The Bertz CT molecular complexity index is 1330. The molecule has 1 amide bonds. The Labute approximate surface area is 210 Å². The van der Waals surface area contributed by atoms with Gasteiger partial charge in [0, 0.05) is 30.9 Å². The number of hydrogen-bond acceptors (Lipinski definition) is 7. The Hall–Kier alpha value is -3.62. The maximum atomic E-state index is 12.7. The average Bonchev–Trinajstić information content (AvgIpc) is 3.58. The lowest BCUT2D eigenvalue weighted by Gasteiger charge is -2.31. The van der Waals surface area contributed by atoms with Gasteiger partial charge in [-0.1, -0.05) is 17.3 Å². The third kappa shape index (κ3) is 3.68. The largest absolute Gasteiger partial charge is 0.488 e. The van der Waals surface area contributed by atoms with Crippen LogP contribution < -0.4 is 15.0 Å². The summed E-state index contributed by atoms with van der Waals surface area (Å²) < 4.78 is 8.76. The highest BCUT2D eigenvalue weighted by atomic mass is 16.6. The van der Waals surface area contributed by atoms with Crippen LogP contribution in [0.4, 0.5) is 5.95 Å². The van der Waals surface area contributed by atoms with E-state index in [2.05, 4.69) is 37.1 Å². The molecular weight excluding hydrogens is 456 g/mol. The third-order valence-corrected chi connectivity index (χ3v) is 7.43.